The number of para-hydroxylation sites is 2. The predicted molar refractivity (Wildman–Crippen MR) is 137 cm³/mol. The van der Waals surface area contributed by atoms with Gasteiger partial charge in [-0.05, 0) is 43.3 Å². The van der Waals surface area contributed by atoms with E-state index in [0.717, 1.165) is 30.2 Å². The van der Waals surface area contributed by atoms with E-state index in [1.165, 1.54) is 18.0 Å². The van der Waals surface area contributed by atoms with Gasteiger partial charge in [0.2, 0.25) is 0 Å². The number of hydroxylamine groups is 2. The number of rotatable bonds is 9. The van der Waals surface area contributed by atoms with Gasteiger partial charge in [-0.15, -0.1) is 5.06 Å². The molecule has 1 heterocycles. The molecule has 180 valence electrons. The van der Waals surface area contributed by atoms with Crippen LogP contribution in [0.3, 0.4) is 0 Å². The molecule has 2 aromatic carbocycles. The van der Waals surface area contributed by atoms with Crippen LogP contribution in [0.25, 0.3) is 0 Å². The van der Waals surface area contributed by atoms with Crippen molar-refractivity contribution in [3.8, 4) is 0 Å². The molecule has 1 aliphatic heterocycles. The Balaban J connectivity index is 1.72. The maximum absolute atomic E-state index is 15.0. The highest BCUT2D eigenvalue weighted by Gasteiger charge is 2.31. The zero-order chi connectivity index (χ0) is 24.2. The van der Waals surface area contributed by atoms with E-state index in [9.17, 15) is 4.39 Å². The molecule has 9 heteroatoms. The topological polar surface area (TPSA) is 51.8 Å². The SMILES string of the molecule is CNCCN(C)c1ccccc1Nc1cc(F)c(SNC2C=C(C(C)(C)C)ON2C)cc1Cl. The summed E-state index contributed by atoms with van der Waals surface area (Å²) in [5.41, 5.74) is 2.29. The average molecular weight is 494 g/mol. The van der Waals surface area contributed by atoms with Gasteiger partial charge in [-0.3, -0.25) is 0 Å². The average Bonchev–Trinajstić information content (AvgIpc) is 3.15. The first-order valence-corrected chi connectivity index (χ1v) is 12.1. The van der Waals surface area contributed by atoms with Crippen LogP contribution in [0.1, 0.15) is 20.8 Å². The summed E-state index contributed by atoms with van der Waals surface area (Å²) in [6.07, 6.45) is 1.82. The lowest BCUT2D eigenvalue weighted by atomic mass is 9.94. The molecule has 0 saturated carbocycles. The molecule has 0 radical (unpaired) electrons. The summed E-state index contributed by atoms with van der Waals surface area (Å²) in [7, 11) is 5.79. The van der Waals surface area contributed by atoms with Gasteiger partial charge in [0.1, 0.15) is 17.7 Å². The van der Waals surface area contributed by atoms with Gasteiger partial charge in [-0.2, -0.15) is 0 Å². The fourth-order valence-corrected chi connectivity index (χ4v) is 4.34. The number of halogens is 2. The molecule has 0 aliphatic carbocycles. The molecular formula is C24H33ClFN5OS. The third-order valence-electron chi connectivity index (χ3n) is 5.28. The molecule has 3 N–H and O–H groups in total. The minimum atomic E-state index is -0.359. The molecule has 1 unspecified atom stereocenters. The van der Waals surface area contributed by atoms with Crippen molar-refractivity contribution in [1.29, 1.82) is 0 Å². The Kier molecular flexibility index (Phi) is 8.53. The molecule has 0 spiro atoms. The quantitative estimate of drug-likeness (QED) is 0.392. The molecule has 6 nitrogen and oxygen atoms in total. The van der Waals surface area contributed by atoms with E-state index in [1.54, 1.807) is 11.1 Å². The van der Waals surface area contributed by atoms with Crippen molar-refractivity contribution < 1.29 is 9.23 Å². The van der Waals surface area contributed by atoms with Crippen molar-refractivity contribution in [2.45, 2.75) is 31.8 Å². The fourth-order valence-electron chi connectivity index (χ4n) is 3.27. The largest absolute Gasteiger partial charge is 0.408 e. The molecule has 1 atom stereocenters. The van der Waals surface area contributed by atoms with Crippen LogP contribution < -0.4 is 20.3 Å². The number of hydrogen-bond acceptors (Lipinski definition) is 7. The highest BCUT2D eigenvalue weighted by molar-refractivity contribution is 7.97. The first-order valence-electron chi connectivity index (χ1n) is 10.9. The van der Waals surface area contributed by atoms with Gasteiger partial charge in [-0.25, -0.2) is 9.11 Å². The highest BCUT2D eigenvalue weighted by Crippen LogP contribution is 2.36. The lowest BCUT2D eigenvalue weighted by Gasteiger charge is -2.23. The summed E-state index contributed by atoms with van der Waals surface area (Å²) < 4.78 is 18.2. The van der Waals surface area contributed by atoms with Gasteiger partial charge in [0.05, 0.1) is 27.0 Å². The Bertz CT molecular complexity index is 997. The first-order chi connectivity index (χ1) is 15.6. The molecule has 0 aromatic heterocycles. The number of benzene rings is 2. The smallest absolute Gasteiger partial charge is 0.140 e. The van der Waals surface area contributed by atoms with Crippen molar-refractivity contribution in [2.24, 2.45) is 5.41 Å². The second kappa shape index (κ2) is 11.0. The molecule has 3 rings (SSSR count). The zero-order valence-corrected chi connectivity index (χ0v) is 21.6. The maximum atomic E-state index is 15.0. The van der Waals surface area contributed by atoms with E-state index in [2.05, 4.69) is 41.0 Å². The van der Waals surface area contributed by atoms with E-state index < -0.39 is 0 Å². The second-order valence-electron chi connectivity index (χ2n) is 9.01. The summed E-state index contributed by atoms with van der Waals surface area (Å²) in [5, 5.41) is 8.59. The van der Waals surface area contributed by atoms with Crippen molar-refractivity contribution in [3.05, 3.63) is 59.1 Å². The summed E-state index contributed by atoms with van der Waals surface area (Å²) in [6, 6.07) is 11.0. The minimum Gasteiger partial charge on any atom is -0.408 e. The number of nitrogens with one attached hydrogen (secondary N) is 3. The van der Waals surface area contributed by atoms with Crippen LogP contribution in [0.4, 0.5) is 21.5 Å². The van der Waals surface area contributed by atoms with Crippen LogP contribution in [-0.2, 0) is 4.84 Å². The summed E-state index contributed by atoms with van der Waals surface area (Å²) in [5.74, 6) is 0.515. The molecule has 33 heavy (non-hydrogen) atoms. The van der Waals surface area contributed by atoms with Crippen LogP contribution in [0.15, 0.2) is 53.1 Å². The van der Waals surface area contributed by atoms with E-state index in [1.807, 2.05) is 51.5 Å². The lowest BCUT2D eigenvalue weighted by Crippen LogP contribution is -2.34. The van der Waals surface area contributed by atoms with Gasteiger partial charge in [0.15, 0.2) is 0 Å². The third kappa shape index (κ3) is 6.55. The van der Waals surface area contributed by atoms with E-state index in [-0.39, 0.29) is 17.4 Å². The number of anilines is 3. The zero-order valence-electron chi connectivity index (χ0n) is 20.0. The van der Waals surface area contributed by atoms with Crippen LogP contribution in [0.2, 0.25) is 5.02 Å². The third-order valence-corrected chi connectivity index (χ3v) is 6.48. The van der Waals surface area contributed by atoms with Crippen LogP contribution >= 0.6 is 23.5 Å². The summed E-state index contributed by atoms with van der Waals surface area (Å²) >= 11 is 7.72. The number of likely N-dealkylation sites (N-methyl/N-ethyl adjacent to an activating group) is 3. The van der Waals surface area contributed by atoms with Gasteiger partial charge in [-0.1, -0.05) is 44.5 Å². The molecular weight excluding hydrogens is 461 g/mol. The maximum Gasteiger partial charge on any atom is 0.140 e. The normalized spacial score (nSPS) is 16.5. The van der Waals surface area contributed by atoms with E-state index in [4.69, 9.17) is 16.4 Å². The van der Waals surface area contributed by atoms with Crippen LogP contribution in [0, 0.1) is 11.2 Å². The number of hydrogen-bond donors (Lipinski definition) is 3. The molecule has 0 bridgehead atoms. The fraction of sp³-hybridized carbons (Fsp3) is 0.417. The molecule has 2 aromatic rings. The monoisotopic (exact) mass is 493 g/mol. The second-order valence-corrected chi connectivity index (χ2v) is 10.3. The van der Waals surface area contributed by atoms with Gasteiger partial charge in [0.25, 0.3) is 0 Å². The van der Waals surface area contributed by atoms with Crippen molar-refractivity contribution in [2.75, 3.05) is 44.4 Å². The van der Waals surface area contributed by atoms with Gasteiger partial charge in [0, 0.05) is 38.7 Å². The van der Waals surface area contributed by atoms with E-state index in [0.29, 0.717) is 15.6 Å². The Morgan fingerprint density at radius 2 is 1.94 bits per heavy atom. The molecule has 0 amide bonds. The van der Waals surface area contributed by atoms with Crippen molar-refractivity contribution >= 4 is 40.6 Å². The lowest BCUT2D eigenvalue weighted by molar-refractivity contribution is -0.110. The standard InChI is InChI=1S/C24H33ClFN5OS/c1-24(2,3)22-15-23(31(6)32-22)29-33-21-13-16(25)19(14-17(21)26)28-18-9-7-8-10-20(18)30(5)12-11-27-4/h7-10,13-15,23,27-29H,11-12H2,1-6H3. The minimum absolute atomic E-state index is 0.103. The van der Waals surface area contributed by atoms with Crippen LogP contribution in [0.5, 0.6) is 0 Å². The molecule has 0 fully saturated rings. The van der Waals surface area contributed by atoms with Gasteiger partial charge < -0.3 is 20.4 Å². The van der Waals surface area contributed by atoms with Crippen molar-refractivity contribution in [1.82, 2.24) is 15.1 Å². The summed E-state index contributed by atoms with van der Waals surface area (Å²) in [4.78, 5) is 8.35. The number of nitrogens with zero attached hydrogens (tertiary/aromatic N) is 2. The Morgan fingerprint density at radius 1 is 1.21 bits per heavy atom. The molecule has 0 saturated heterocycles. The van der Waals surface area contributed by atoms with Crippen molar-refractivity contribution in [3.63, 3.8) is 0 Å². The van der Waals surface area contributed by atoms with Crippen LogP contribution in [-0.4, -0.2) is 45.5 Å². The summed E-state index contributed by atoms with van der Waals surface area (Å²) in [6.45, 7) is 7.95. The number of allylic oxidation sites excluding steroid dienone is 1. The van der Waals surface area contributed by atoms with Gasteiger partial charge >= 0.3 is 0 Å². The molecule has 1 aliphatic rings. The van der Waals surface area contributed by atoms with E-state index >= 15 is 0 Å². The first kappa shape index (κ1) is 25.6. The Morgan fingerprint density at radius 3 is 2.61 bits per heavy atom. The predicted octanol–water partition coefficient (Wildman–Crippen LogP) is 5.61. The Hall–Kier alpha value is -1.97. The highest BCUT2D eigenvalue weighted by atomic mass is 35.5. The Labute approximate surface area is 205 Å².